The molecule has 0 aliphatic carbocycles. The van der Waals surface area contributed by atoms with Crippen molar-refractivity contribution in [2.75, 3.05) is 6.26 Å². The van der Waals surface area contributed by atoms with Crippen LogP contribution in [0.15, 0.2) is 42.5 Å². The van der Waals surface area contributed by atoms with Crippen molar-refractivity contribution in [3.8, 4) is 5.75 Å². The van der Waals surface area contributed by atoms with E-state index in [1.54, 1.807) is 12.3 Å². The van der Waals surface area contributed by atoms with Gasteiger partial charge in [-0.05, 0) is 29.5 Å². The summed E-state index contributed by atoms with van der Waals surface area (Å²) in [7, 11) is 0. The summed E-state index contributed by atoms with van der Waals surface area (Å²) < 4.78 is 5.20. The lowest BCUT2D eigenvalue weighted by atomic mass is 10.1. The second-order valence-corrected chi connectivity index (χ2v) is 3.78. The van der Waals surface area contributed by atoms with E-state index in [2.05, 4.69) is 0 Å². The molecule has 0 bridgehead atoms. The molecular formula is C12H10O2S. The first kappa shape index (κ1) is 10.1. The largest absolute Gasteiger partial charge is 0.418 e. The van der Waals surface area contributed by atoms with E-state index in [-0.39, 0.29) is 5.30 Å². The lowest BCUT2D eigenvalue weighted by Crippen LogP contribution is -1.99. The summed E-state index contributed by atoms with van der Waals surface area (Å²) in [6.45, 7) is 0. The quantitative estimate of drug-likeness (QED) is 0.683. The molecule has 0 N–H and O–H groups in total. The van der Waals surface area contributed by atoms with Gasteiger partial charge in [-0.15, -0.1) is 0 Å². The molecule has 3 heteroatoms. The Morgan fingerprint density at radius 3 is 2.67 bits per heavy atom. The maximum Gasteiger partial charge on any atom is 0.372 e. The van der Waals surface area contributed by atoms with Crippen LogP contribution in [0, 0.1) is 0 Å². The Morgan fingerprint density at radius 1 is 1.13 bits per heavy atom. The second-order valence-electron chi connectivity index (χ2n) is 3.03. The highest BCUT2D eigenvalue weighted by atomic mass is 32.2. The highest BCUT2D eigenvalue weighted by molar-refractivity contribution is 8.12. The number of ether oxygens (including phenoxy) is 1. The van der Waals surface area contributed by atoms with E-state index in [4.69, 9.17) is 4.74 Å². The molecule has 2 nitrogen and oxygen atoms in total. The highest BCUT2D eigenvalue weighted by Crippen LogP contribution is 2.26. The minimum absolute atomic E-state index is 0.286. The van der Waals surface area contributed by atoms with E-state index < -0.39 is 0 Å². The van der Waals surface area contributed by atoms with Crippen LogP contribution in [0.2, 0.25) is 0 Å². The smallest absolute Gasteiger partial charge is 0.372 e. The fourth-order valence-corrected chi connectivity index (χ4v) is 1.59. The van der Waals surface area contributed by atoms with E-state index in [1.165, 1.54) is 0 Å². The van der Waals surface area contributed by atoms with Gasteiger partial charge < -0.3 is 4.74 Å². The molecule has 0 aliphatic rings. The van der Waals surface area contributed by atoms with Crippen LogP contribution in [0.25, 0.3) is 10.8 Å². The molecule has 0 aromatic heterocycles. The first-order chi connectivity index (χ1) is 7.31. The summed E-state index contributed by atoms with van der Waals surface area (Å²) in [6, 6.07) is 13.5. The summed E-state index contributed by atoms with van der Waals surface area (Å²) in [6.07, 6.45) is 1.70. The fraction of sp³-hybridized carbons (Fsp3) is 0.0833. The first-order valence-electron chi connectivity index (χ1n) is 4.55. The lowest BCUT2D eigenvalue weighted by Gasteiger charge is -2.05. The van der Waals surface area contributed by atoms with Crippen LogP contribution in [0.1, 0.15) is 0 Å². The predicted molar refractivity (Wildman–Crippen MR) is 63.5 cm³/mol. The number of carbonyl (C=O) groups excluding carboxylic acids is 1. The third-order valence-corrected chi connectivity index (χ3v) is 2.53. The second kappa shape index (κ2) is 4.36. The van der Waals surface area contributed by atoms with Crippen molar-refractivity contribution < 1.29 is 9.53 Å². The van der Waals surface area contributed by atoms with Crippen LogP contribution in [-0.2, 0) is 0 Å². The molecular weight excluding hydrogens is 208 g/mol. The molecule has 0 unspecified atom stereocenters. The maximum atomic E-state index is 11.2. The van der Waals surface area contributed by atoms with Crippen molar-refractivity contribution in [2.45, 2.75) is 0 Å². The van der Waals surface area contributed by atoms with Crippen molar-refractivity contribution >= 4 is 27.8 Å². The van der Waals surface area contributed by atoms with Gasteiger partial charge in [0.2, 0.25) is 0 Å². The predicted octanol–water partition coefficient (Wildman–Crippen LogP) is 3.70. The van der Waals surface area contributed by atoms with E-state index in [0.717, 1.165) is 22.5 Å². The van der Waals surface area contributed by atoms with Crippen LogP contribution in [-0.4, -0.2) is 11.6 Å². The highest BCUT2D eigenvalue weighted by Gasteiger charge is 2.05. The Balaban J connectivity index is 2.46. The Kier molecular flexibility index (Phi) is 2.92. The Labute approximate surface area is 92.2 Å². The molecule has 76 valence electrons. The molecule has 0 fully saturated rings. The number of hydrogen-bond acceptors (Lipinski definition) is 3. The zero-order valence-corrected chi connectivity index (χ0v) is 9.08. The monoisotopic (exact) mass is 218 g/mol. The maximum absolute atomic E-state index is 11.2. The molecule has 0 aliphatic heterocycles. The van der Waals surface area contributed by atoms with Gasteiger partial charge in [0, 0.05) is 5.39 Å². The number of carbonyl (C=O) groups is 1. The number of benzene rings is 2. The molecule has 2 aromatic rings. The van der Waals surface area contributed by atoms with Crippen molar-refractivity contribution in [1.82, 2.24) is 0 Å². The van der Waals surface area contributed by atoms with Gasteiger partial charge in [-0.25, -0.2) is 4.79 Å². The fourth-order valence-electron chi connectivity index (χ4n) is 1.42. The molecule has 0 amide bonds. The summed E-state index contributed by atoms with van der Waals surface area (Å²) in [5.41, 5.74) is 0. The van der Waals surface area contributed by atoms with Crippen molar-refractivity contribution in [3.05, 3.63) is 42.5 Å². The van der Waals surface area contributed by atoms with Gasteiger partial charge in [0.05, 0.1) is 0 Å². The van der Waals surface area contributed by atoms with Crippen LogP contribution in [0.3, 0.4) is 0 Å². The van der Waals surface area contributed by atoms with Gasteiger partial charge in [0.25, 0.3) is 0 Å². The van der Waals surface area contributed by atoms with Crippen LogP contribution < -0.4 is 4.74 Å². The lowest BCUT2D eigenvalue weighted by molar-refractivity contribution is 0.227. The summed E-state index contributed by atoms with van der Waals surface area (Å²) >= 11 is 1.07. The third kappa shape index (κ3) is 2.13. The molecule has 0 spiro atoms. The number of thioether (sulfide) groups is 1. The standard InChI is InChI=1S/C12H10O2S/c1-15-12(13)14-11-8-4-6-9-5-2-3-7-10(9)11/h2-8H,1H3. The van der Waals surface area contributed by atoms with Gasteiger partial charge in [-0.3, -0.25) is 0 Å². The van der Waals surface area contributed by atoms with Crippen molar-refractivity contribution in [1.29, 1.82) is 0 Å². The van der Waals surface area contributed by atoms with Crippen molar-refractivity contribution in [3.63, 3.8) is 0 Å². The molecule has 15 heavy (non-hydrogen) atoms. The molecule has 0 radical (unpaired) electrons. The number of fused-ring (bicyclic) bond motifs is 1. The van der Waals surface area contributed by atoms with Crippen molar-refractivity contribution in [2.24, 2.45) is 0 Å². The van der Waals surface area contributed by atoms with E-state index in [0.29, 0.717) is 5.75 Å². The third-order valence-electron chi connectivity index (χ3n) is 2.11. The number of rotatable bonds is 1. The molecule has 0 saturated carbocycles. The summed E-state index contributed by atoms with van der Waals surface area (Å²) in [4.78, 5) is 11.2. The topological polar surface area (TPSA) is 26.3 Å². The van der Waals surface area contributed by atoms with Gasteiger partial charge in [0.15, 0.2) is 0 Å². The zero-order valence-electron chi connectivity index (χ0n) is 8.27. The summed E-state index contributed by atoms with van der Waals surface area (Å²) in [5.74, 6) is 0.618. The molecule has 0 saturated heterocycles. The van der Waals surface area contributed by atoms with Crippen LogP contribution in [0.4, 0.5) is 4.79 Å². The average Bonchev–Trinajstić information content (AvgIpc) is 2.29. The molecule has 0 atom stereocenters. The van der Waals surface area contributed by atoms with Gasteiger partial charge >= 0.3 is 5.30 Å². The Hall–Kier alpha value is -1.48. The van der Waals surface area contributed by atoms with Gasteiger partial charge in [-0.2, -0.15) is 0 Å². The van der Waals surface area contributed by atoms with Crippen LogP contribution >= 0.6 is 11.8 Å². The Bertz CT molecular complexity index is 488. The van der Waals surface area contributed by atoms with Gasteiger partial charge in [0.1, 0.15) is 5.75 Å². The SMILES string of the molecule is CSC(=O)Oc1cccc2ccccc12. The minimum Gasteiger partial charge on any atom is -0.418 e. The zero-order chi connectivity index (χ0) is 10.7. The molecule has 0 heterocycles. The average molecular weight is 218 g/mol. The normalized spacial score (nSPS) is 10.2. The van der Waals surface area contributed by atoms with Crippen LogP contribution in [0.5, 0.6) is 5.75 Å². The minimum atomic E-state index is -0.286. The first-order valence-corrected chi connectivity index (χ1v) is 5.77. The molecule has 2 aromatic carbocycles. The number of hydrogen-bond donors (Lipinski definition) is 0. The Morgan fingerprint density at radius 2 is 1.87 bits per heavy atom. The van der Waals surface area contributed by atoms with E-state index in [1.807, 2.05) is 36.4 Å². The summed E-state index contributed by atoms with van der Waals surface area (Å²) in [5, 5.41) is 1.75. The van der Waals surface area contributed by atoms with E-state index in [9.17, 15) is 4.79 Å². The van der Waals surface area contributed by atoms with Gasteiger partial charge in [-0.1, -0.05) is 36.4 Å². The van der Waals surface area contributed by atoms with E-state index >= 15 is 0 Å². The molecule has 2 rings (SSSR count).